The zero-order valence-electron chi connectivity index (χ0n) is 10.3. The number of amides is 1. The summed E-state index contributed by atoms with van der Waals surface area (Å²) >= 11 is 0. The highest BCUT2D eigenvalue weighted by atomic mass is 16.5. The Kier molecular flexibility index (Phi) is 3.96. The van der Waals surface area contributed by atoms with E-state index in [0.717, 1.165) is 25.7 Å². The minimum absolute atomic E-state index is 0.0182. The molecule has 2 rings (SSSR count). The quantitative estimate of drug-likeness (QED) is 0.781. The zero-order valence-corrected chi connectivity index (χ0v) is 10.3. The van der Waals surface area contributed by atoms with Gasteiger partial charge in [-0.05, 0) is 31.7 Å². The van der Waals surface area contributed by atoms with E-state index in [2.05, 4.69) is 15.5 Å². The van der Waals surface area contributed by atoms with E-state index in [-0.39, 0.29) is 23.8 Å². The van der Waals surface area contributed by atoms with Crippen molar-refractivity contribution in [1.29, 1.82) is 0 Å². The third kappa shape index (κ3) is 2.88. The molecule has 0 bridgehead atoms. The van der Waals surface area contributed by atoms with Gasteiger partial charge in [-0.1, -0.05) is 0 Å². The predicted molar refractivity (Wildman–Crippen MR) is 63.8 cm³/mol. The first-order valence-corrected chi connectivity index (χ1v) is 6.08. The van der Waals surface area contributed by atoms with Crippen LogP contribution in [0.15, 0.2) is 12.3 Å². The largest absolute Gasteiger partial charge is 0.469 e. The van der Waals surface area contributed by atoms with E-state index in [0.29, 0.717) is 5.69 Å². The van der Waals surface area contributed by atoms with Gasteiger partial charge in [-0.3, -0.25) is 14.7 Å². The van der Waals surface area contributed by atoms with Crippen LogP contribution in [0.1, 0.15) is 36.2 Å². The van der Waals surface area contributed by atoms with Crippen LogP contribution in [0, 0.1) is 5.92 Å². The summed E-state index contributed by atoms with van der Waals surface area (Å²) < 4.78 is 4.73. The molecule has 0 aliphatic heterocycles. The van der Waals surface area contributed by atoms with Crippen LogP contribution in [0.4, 0.5) is 0 Å². The van der Waals surface area contributed by atoms with E-state index >= 15 is 0 Å². The number of hydrogen-bond donors (Lipinski definition) is 2. The molecule has 1 amide bonds. The molecule has 1 aromatic heterocycles. The Balaban J connectivity index is 1.80. The monoisotopic (exact) mass is 251 g/mol. The highest BCUT2D eigenvalue weighted by molar-refractivity contribution is 5.92. The lowest BCUT2D eigenvalue weighted by Crippen LogP contribution is -2.39. The molecule has 98 valence electrons. The van der Waals surface area contributed by atoms with Crippen LogP contribution in [0.2, 0.25) is 0 Å². The molecule has 0 radical (unpaired) electrons. The SMILES string of the molecule is COC(=O)C1CCC(NC(=O)c2ccn[nH]2)CC1. The van der Waals surface area contributed by atoms with E-state index < -0.39 is 0 Å². The second kappa shape index (κ2) is 5.66. The van der Waals surface area contributed by atoms with E-state index in [1.807, 2.05) is 0 Å². The van der Waals surface area contributed by atoms with E-state index in [1.54, 1.807) is 12.3 Å². The number of aromatic nitrogens is 2. The first-order chi connectivity index (χ1) is 8.70. The molecule has 1 aliphatic rings. The Bertz CT molecular complexity index is 408. The fraction of sp³-hybridized carbons (Fsp3) is 0.583. The van der Waals surface area contributed by atoms with Gasteiger partial charge >= 0.3 is 5.97 Å². The van der Waals surface area contributed by atoms with Crippen LogP contribution >= 0.6 is 0 Å². The average molecular weight is 251 g/mol. The van der Waals surface area contributed by atoms with Crippen molar-refractivity contribution in [1.82, 2.24) is 15.5 Å². The summed E-state index contributed by atoms with van der Waals surface area (Å²) in [7, 11) is 1.41. The molecule has 0 aromatic carbocycles. The number of nitrogens with zero attached hydrogens (tertiary/aromatic N) is 1. The number of hydrogen-bond acceptors (Lipinski definition) is 4. The van der Waals surface area contributed by atoms with Crippen molar-refractivity contribution >= 4 is 11.9 Å². The zero-order chi connectivity index (χ0) is 13.0. The maximum atomic E-state index is 11.8. The van der Waals surface area contributed by atoms with Gasteiger partial charge in [0.1, 0.15) is 5.69 Å². The van der Waals surface area contributed by atoms with Crippen molar-refractivity contribution in [3.05, 3.63) is 18.0 Å². The van der Waals surface area contributed by atoms with Crippen LogP contribution in [-0.4, -0.2) is 35.2 Å². The number of carbonyl (C=O) groups is 2. The highest BCUT2D eigenvalue weighted by Crippen LogP contribution is 2.25. The Morgan fingerprint density at radius 3 is 2.67 bits per heavy atom. The minimum atomic E-state index is -0.145. The molecule has 2 N–H and O–H groups in total. The van der Waals surface area contributed by atoms with Gasteiger partial charge in [-0.15, -0.1) is 0 Å². The van der Waals surface area contributed by atoms with Gasteiger partial charge < -0.3 is 10.1 Å². The lowest BCUT2D eigenvalue weighted by molar-refractivity contribution is -0.146. The van der Waals surface area contributed by atoms with Gasteiger partial charge in [-0.2, -0.15) is 5.10 Å². The summed E-state index contributed by atoms with van der Waals surface area (Å²) in [4.78, 5) is 23.1. The Morgan fingerprint density at radius 2 is 2.11 bits per heavy atom. The Labute approximate surface area is 105 Å². The van der Waals surface area contributed by atoms with E-state index in [1.165, 1.54) is 7.11 Å². The van der Waals surface area contributed by atoms with Crippen molar-refractivity contribution in [3.63, 3.8) is 0 Å². The van der Waals surface area contributed by atoms with Gasteiger partial charge in [0, 0.05) is 12.2 Å². The number of aromatic amines is 1. The molecule has 0 saturated heterocycles. The van der Waals surface area contributed by atoms with Crippen molar-refractivity contribution in [2.45, 2.75) is 31.7 Å². The second-order valence-corrected chi connectivity index (χ2v) is 4.52. The first kappa shape index (κ1) is 12.6. The van der Waals surface area contributed by atoms with Gasteiger partial charge in [-0.25, -0.2) is 0 Å². The number of rotatable bonds is 3. The van der Waals surface area contributed by atoms with Crippen molar-refractivity contribution in [3.8, 4) is 0 Å². The van der Waals surface area contributed by atoms with E-state index in [9.17, 15) is 9.59 Å². The summed E-state index contributed by atoms with van der Waals surface area (Å²) in [5.41, 5.74) is 0.463. The van der Waals surface area contributed by atoms with Crippen LogP contribution in [0.5, 0.6) is 0 Å². The van der Waals surface area contributed by atoms with Crippen LogP contribution in [0.25, 0.3) is 0 Å². The number of esters is 1. The first-order valence-electron chi connectivity index (χ1n) is 6.08. The molecule has 1 aromatic rings. The third-order valence-corrected chi connectivity index (χ3v) is 3.34. The molecular weight excluding hydrogens is 234 g/mol. The second-order valence-electron chi connectivity index (χ2n) is 4.52. The van der Waals surface area contributed by atoms with Crippen LogP contribution in [-0.2, 0) is 9.53 Å². The number of carbonyl (C=O) groups excluding carboxylic acids is 2. The fourth-order valence-electron chi connectivity index (χ4n) is 2.29. The maximum Gasteiger partial charge on any atom is 0.308 e. The third-order valence-electron chi connectivity index (χ3n) is 3.34. The minimum Gasteiger partial charge on any atom is -0.469 e. The summed E-state index contributed by atoms with van der Waals surface area (Å²) in [5, 5.41) is 9.30. The highest BCUT2D eigenvalue weighted by Gasteiger charge is 2.27. The van der Waals surface area contributed by atoms with Gasteiger partial charge in [0.2, 0.25) is 0 Å². The molecule has 6 heteroatoms. The van der Waals surface area contributed by atoms with Gasteiger partial charge in [0.25, 0.3) is 5.91 Å². The molecule has 0 spiro atoms. The Hall–Kier alpha value is -1.85. The van der Waals surface area contributed by atoms with Gasteiger partial charge in [0.15, 0.2) is 0 Å². The molecule has 0 atom stereocenters. The topological polar surface area (TPSA) is 84.1 Å². The lowest BCUT2D eigenvalue weighted by Gasteiger charge is -2.27. The maximum absolute atomic E-state index is 11.8. The molecule has 1 saturated carbocycles. The predicted octanol–water partition coefficient (Wildman–Crippen LogP) is 0.871. The summed E-state index contributed by atoms with van der Waals surface area (Å²) in [6.07, 6.45) is 4.68. The number of nitrogens with one attached hydrogen (secondary N) is 2. The molecule has 1 aliphatic carbocycles. The number of H-pyrrole nitrogens is 1. The summed E-state index contributed by atoms with van der Waals surface area (Å²) in [6.45, 7) is 0. The lowest BCUT2D eigenvalue weighted by atomic mass is 9.86. The summed E-state index contributed by atoms with van der Waals surface area (Å²) in [6, 6.07) is 1.76. The van der Waals surface area contributed by atoms with Crippen molar-refractivity contribution in [2.75, 3.05) is 7.11 Å². The molecule has 1 heterocycles. The van der Waals surface area contributed by atoms with E-state index in [4.69, 9.17) is 4.74 Å². The molecule has 18 heavy (non-hydrogen) atoms. The normalized spacial score (nSPS) is 23.4. The molecule has 0 unspecified atom stereocenters. The number of ether oxygens (including phenoxy) is 1. The van der Waals surface area contributed by atoms with Crippen LogP contribution in [0.3, 0.4) is 0 Å². The standard InChI is InChI=1S/C12H17N3O3/c1-18-12(17)8-2-4-9(5-3-8)14-11(16)10-6-7-13-15-10/h6-9H,2-5H2,1H3,(H,13,15)(H,14,16). The number of methoxy groups -OCH3 is 1. The molecule has 1 fully saturated rings. The Morgan fingerprint density at radius 1 is 1.39 bits per heavy atom. The summed E-state index contributed by atoms with van der Waals surface area (Å²) in [5.74, 6) is -0.308. The molecule has 6 nitrogen and oxygen atoms in total. The fourth-order valence-corrected chi connectivity index (χ4v) is 2.29. The smallest absolute Gasteiger partial charge is 0.308 e. The average Bonchev–Trinajstić information content (AvgIpc) is 2.92. The van der Waals surface area contributed by atoms with Crippen molar-refractivity contribution in [2.24, 2.45) is 5.92 Å². The molecular formula is C12H17N3O3. The van der Waals surface area contributed by atoms with Gasteiger partial charge in [0.05, 0.1) is 13.0 Å². The van der Waals surface area contributed by atoms with Crippen LogP contribution < -0.4 is 5.32 Å². The van der Waals surface area contributed by atoms with Crippen molar-refractivity contribution < 1.29 is 14.3 Å².